The molecule has 3 amide bonds. The van der Waals surface area contributed by atoms with Crippen molar-refractivity contribution in [1.82, 2.24) is 15.1 Å². The molecule has 1 aromatic rings. The quantitative estimate of drug-likeness (QED) is 0.561. The molecule has 0 unspecified atom stereocenters. The average Bonchev–Trinajstić information content (AvgIpc) is 2.62. The molecular formula is C18H24BrN3O3S. The minimum absolute atomic E-state index is 0.0727. The van der Waals surface area contributed by atoms with Gasteiger partial charge in [-0.1, -0.05) is 12.1 Å². The van der Waals surface area contributed by atoms with Gasteiger partial charge in [-0.05, 0) is 41.9 Å². The maximum Gasteiger partial charge on any atom is 0.312 e. The summed E-state index contributed by atoms with van der Waals surface area (Å²) < 4.78 is 1.03. The van der Waals surface area contributed by atoms with Gasteiger partial charge in [0.1, 0.15) is 0 Å². The fourth-order valence-electron chi connectivity index (χ4n) is 2.59. The van der Waals surface area contributed by atoms with Gasteiger partial charge in [-0.15, -0.1) is 11.8 Å². The number of hydrogen-bond acceptors (Lipinski definition) is 4. The zero-order valence-electron chi connectivity index (χ0n) is 15.0. The molecule has 0 aliphatic carbocycles. The molecule has 0 atom stereocenters. The van der Waals surface area contributed by atoms with Gasteiger partial charge >= 0.3 is 11.8 Å². The van der Waals surface area contributed by atoms with Crippen molar-refractivity contribution in [3.05, 3.63) is 28.7 Å². The highest BCUT2D eigenvalue weighted by Gasteiger charge is 2.27. The molecule has 0 aromatic heterocycles. The Labute approximate surface area is 166 Å². The summed E-state index contributed by atoms with van der Waals surface area (Å²) in [5.74, 6) is -0.305. The summed E-state index contributed by atoms with van der Waals surface area (Å²) in [5, 5.41) is 2.60. The summed E-state index contributed by atoms with van der Waals surface area (Å²) in [6.07, 6.45) is 0.452. The molecule has 142 valence electrons. The van der Waals surface area contributed by atoms with Gasteiger partial charge in [0.25, 0.3) is 0 Å². The van der Waals surface area contributed by atoms with Crippen LogP contribution in [0.5, 0.6) is 0 Å². The Balaban J connectivity index is 1.73. The molecule has 1 aromatic carbocycles. The van der Waals surface area contributed by atoms with Crippen LogP contribution in [0.2, 0.25) is 0 Å². The highest BCUT2D eigenvalue weighted by molar-refractivity contribution is 9.10. The first-order valence-corrected chi connectivity index (χ1v) is 10.4. The van der Waals surface area contributed by atoms with Crippen LogP contribution in [-0.2, 0) is 14.4 Å². The Bertz CT molecular complexity index is 661. The van der Waals surface area contributed by atoms with Gasteiger partial charge in [0, 0.05) is 53.8 Å². The summed E-state index contributed by atoms with van der Waals surface area (Å²) in [4.78, 5) is 40.6. The number of benzene rings is 1. The van der Waals surface area contributed by atoms with Gasteiger partial charge in [-0.2, -0.15) is 0 Å². The molecule has 6 nitrogen and oxygen atoms in total. The van der Waals surface area contributed by atoms with Gasteiger partial charge in [-0.25, -0.2) is 0 Å². The van der Waals surface area contributed by atoms with E-state index in [-0.39, 0.29) is 11.9 Å². The SMILES string of the molecule is CC(C)NC(=O)C(=O)N1CCN(C(=O)CCSc2ccccc2Br)CC1. The lowest BCUT2D eigenvalue weighted by atomic mass is 10.2. The predicted molar refractivity (Wildman–Crippen MR) is 106 cm³/mol. The number of amides is 3. The summed E-state index contributed by atoms with van der Waals surface area (Å²) in [7, 11) is 0. The van der Waals surface area contributed by atoms with Crippen LogP contribution < -0.4 is 5.32 Å². The molecule has 8 heteroatoms. The summed E-state index contributed by atoms with van der Waals surface area (Å²) in [6, 6.07) is 7.86. The molecule has 1 fully saturated rings. The molecule has 0 saturated carbocycles. The Morgan fingerprint density at radius 3 is 2.35 bits per heavy atom. The number of rotatable bonds is 5. The second-order valence-corrected chi connectivity index (χ2v) is 8.32. The van der Waals surface area contributed by atoms with E-state index in [4.69, 9.17) is 0 Å². The van der Waals surface area contributed by atoms with Gasteiger partial charge in [0.2, 0.25) is 5.91 Å². The van der Waals surface area contributed by atoms with Crippen molar-refractivity contribution in [3.63, 3.8) is 0 Å². The Morgan fingerprint density at radius 2 is 1.73 bits per heavy atom. The van der Waals surface area contributed by atoms with Crippen molar-refractivity contribution in [1.29, 1.82) is 0 Å². The van der Waals surface area contributed by atoms with Gasteiger partial charge in [0.05, 0.1) is 0 Å². The summed E-state index contributed by atoms with van der Waals surface area (Å²) >= 11 is 5.14. The maximum atomic E-state index is 12.3. The number of piperazine rings is 1. The van der Waals surface area contributed by atoms with Gasteiger partial charge in [-0.3, -0.25) is 14.4 Å². The van der Waals surface area contributed by atoms with Crippen LogP contribution >= 0.6 is 27.7 Å². The zero-order chi connectivity index (χ0) is 19.1. The highest BCUT2D eigenvalue weighted by atomic mass is 79.9. The third-order valence-corrected chi connectivity index (χ3v) is 5.97. The molecular weight excluding hydrogens is 418 g/mol. The van der Waals surface area contributed by atoms with E-state index in [1.807, 2.05) is 38.1 Å². The van der Waals surface area contributed by atoms with Gasteiger partial charge in [0.15, 0.2) is 0 Å². The first kappa shape index (κ1) is 20.8. The average molecular weight is 442 g/mol. The van der Waals surface area contributed by atoms with E-state index in [0.717, 1.165) is 9.37 Å². The molecule has 2 rings (SSSR count). The van der Waals surface area contributed by atoms with Crippen LogP contribution in [0.25, 0.3) is 0 Å². The first-order chi connectivity index (χ1) is 12.4. The topological polar surface area (TPSA) is 69.7 Å². The smallest absolute Gasteiger partial charge is 0.312 e. The van der Waals surface area contributed by atoms with E-state index in [1.54, 1.807) is 16.7 Å². The van der Waals surface area contributed by atoms with Crippen LogP contribution in [0, 0.1) is 0 Å². The van der Waals surface area contributed by atoms with Crippen molar-refractivity contribution in [2.24, 2.45) is 0 Å². The standard InChI is InChI=1S/C18H24BrN3O3S/c1-13(2)20-17(24)18(25)22-10-8-21(9-11-22)16(23)7-12-26-15-6-4-3-5-14(15)19/h3-6,13H,7-12H2,1-2H3,(H,20,24). The van der Waals surface area contributed by atoms with Crippen molar-refractivity contribution in [2.75, 3.05) is 31.9 Å². The maximum absolute atomic E-state index is 12.3. The number of nitrogens with one attached hydrogen (secondary N) is 1. The van der Waals surface area contributed by atoms with Crippen LogP contribution in [0.4, 0.5) is 0 Å². The number of nitrogens with zero attached hydrogens (tertiary/aromatic N) is 2. The summed E-state index contributed by atoms with van der Waals surface area (Å²) in [5.41, 5.74) is 0. The van der Waals surface area contributed by atoms with Crippen LogP contribution in [0.1, 0.15) is 20.3 Å². The lowest BCUT2D eigenvalue weighted by molar-refractivity contribution is -0.148. The molecule has 1 heterocycles. The minimum atomic E-state index is -0.579. The van der Waals surface area contributed by atoms with E-state index in [0.29, 0.717) is 38.4 Å². The number of hydrogen-bond donors (Lipinski definition) is 1. The molecule has 26 heavy (non-hydrogen) atoms. The Hall–Kier alpha value is -1.54. The minimum Gasteiger partial charge on any atom is -0.346 e. The largest absolute Gasteiger partial charge is 0.346 e. The first-order valence-electron chi connectivity index (χ1n) is 8.63. The Kier molecular flexibility index (Phi) is 7.96. The zero-order valence-corrected chi connectivity index (χ0v) is 17.4. The van der Waals surface area contributed by atoms with Crippen molar-refractivity contribution in [2.45, 2.75) is 31.2 Å². The number of halogens is 1. The molecule has 1 N–H and O–H groups in total. The number of thioether (sulfide) groups is 1. The van der Waals surface area contributed by atoms with E-state index >= 15 is 0 Å². The molecule has 1 aliphatic rings. The predicted octanol–water partition coefficient (Wildman–Crippen LogP) is 2.13. The number of carbonyl (C=O) groups excluding carboxylic acids is 3. The van der Waals surface area contributed by atoms with Crippen molar-refractivity contribution >= 4 is 45.4 Å². The Morgan fingerprint density at radius 1 is 1.12 bits per heavy atom. The molecule has 0 spiro atoms. The molecule has 0 radical (unpaired) electrons. The highest BCUT2D eigenvalue weighted by Crippen LogP contribution is 2.27. The lowest BCUT2D eigenvalue weighted by Gasteiger charge is -2.34. The van der Waals surface area contributed by atoms with Gasteiger partial charge < -0.3 is 15.1 Å². The fourth-order valence-corrected chi connectivity index (χ4v) is 4.10. The van der Waals surface area contributed by atoms with Crippen LogP contribution in [0.3, 0.4) is 0 Å². The van der Waals surface area contributed by atoms with Crippen molar-refractivity contribution in [3.8, 4) is 0 Å². The normalized spacial score (nSPS) is 14.5. The molecule has 1 aliphatic heterocycles. The van der Waals surface area contributed by atoms with E-state index in [2.05, 4.69) is 21.2 Å². The van der Waals surface area contributed by atoms with Crippen LogP contribution in [0.15, 0.2) is 33.6 Å². The monoisotopic (exact) mass is 441 g/mol. The second-order valence-electron chi connectivity index (χ2n) is 6.33. The van der Waals surface area contributed by atoms with E-state index < -0.39 is 11.8 Å². The molecule has 0 bridgehead atoms. The third-order valence-electron chi connectivity index (χ3n) is 3.94. The molecule has 1 saturated heterocycles. The van der Waals surface area contributed by atoms with E-state index in [1.165, 1.54) is 4.90 Å². The third kappa shape index (κ3) is 6.02. The van der Waals surface area contributed by atoms with Crippen LogP contribution in [-0.4, -0.2) is 65.5 Å². The second kappa shape index (κ2) is 9.97. The number of carbonyl (C=O) groups is 3. The lowest BCUT2D eigenvalue weighted by Crippen LogP contribution is -2.54. The summed E-state index contributed by atoms with van der Waals surface area (Å²) in [6.45, 7) is 5.36. The van der Waals surface area contributed by atoms with E-state index in [9.17, 15) is 14.4 Å². The fraction of sp³-hybridized carbons (Fsp3) is 0.500. The van der Waals surface area contributed by atoms with Crippen molar-refractivity contribution < 1.29 is 14.4 Å².